The molecule has 134 valence electrons. The van der Waals surface area contributed by atoms with Crippen LogP contribution in [0, 0.1) is 0 Å². The SMILES string of the molecule is CCc1nn(-c2ccccc2Cl)c(CC)c1C(=O)NC[C@@H]1CCCO1. The first-order valence-electron chi connectivity index (χ1n) is 8.91. The second-order valence-corrected chi connectivity index (χ2v) is 6.59. The molecule has 6 heteroatoms. The number of halogens is 1. The third kappa shape index (κ3) is 3.72. The Morgan fingerprint density at radius 3 is 2.80 bits per heavy atom. The summed E-state index contributed by atoms with van der Waals surface area (Å²) in [5.41, 5.74) is 3.15. The molecule has 0 radical (unpaired) electrons. The van der Waals surface area contributed by atoms with Crippen molar-refractivity contribution in [2.75, 3.05) is 13.2 Å². The van der Waals surface area contributed by atoms with Crippen LogP contribution in [0.4, 0.5) is 0 Å². The molecule has 1 N–H and O–H groups in total. The molecule has 2 aromatic rings. The number of amides is 1. The number of ether oxygens (including phenoxy) is 1. The Bertz CT molecular complexity index is 751. The molecule has 1 aliphatic rings. The standard InChI is InChI=1S/C19H24ClN3O2/c1-3-15-18(19(24)21-12-13-8-7-11-25-13)16(4-2)23(22-15)17-10-6-5-9-14(17)20/h5-6,9-10,13H,3-4,7-8,11-12H2,1-2H3,(H,21,24)/t13-/m0/s1. The smallest absolute Gasteiger partial charge is 0.255 e. The van der Waals surface area contributed by atoms with Gasteiger partial charge in [0.15, 0.2) is 0 Å². The number of nitrogens with zero attached hydrogens (tertiary/aromatic N) is 2. The van der Waals surface area contributed by atoms with Crippen LogP contribution in [-0.4, -0.2) is 34.9 Å². The summed E-state index contributed by atoms with van der Waals surface area (Å²) in [5, 5.41) is 8.31. The third-order valence-corrected chi connectivity index (χ3v) is 4.86. The molecule has 1 atom stereocenters. The van der Waals surface area contributed by atoms with Gasteiger partial charge in [0, 0.05) is 13.2 Å². The van der Waals surface area contributed by atoms with E-state index in [1.807, 2.05) is 42.8 Å². The molecule has 1 aromatic heterocycles. The highest BCUT2D eigenvalue weighted by Gasteiger charge is 2.24. The molecule has 1 aromatic carbocycles. The van der Waals surface area contributed by atoms with Crippen LogP contribution in [0.25, 0.3) is 5.69 Å². The Hall–Kier alpha value is -1.85. The van der Waals surface area contributed by atoms with E-state index in [0.717, 1.165) is 36.5 Å². The van der Waals surface area contributed by atoms with Crippen molar-refractivity contribution in [2.45, 2.75) is 45.6 Å². The fraction of sp³-hybridized carbons (Fsp3) is 0.474. The molecular formula is C19H24ClN3O2. The first-order valence-corrected chi connectivity index (χ1v) is 9.28. The zero-order valence-electron chi connectivity index (χ0n) is 14.7. The number of rotatable bonds is 6. The number of carbonyl (C=O) groups excluding carboxylic acids is 1. The van der Waals surface area contributed by atoms with Gasteiger partial charge < -0.3 is 10.1 Å². The van der Waals surface area contributed by atoms with E-state index in [-0.39, 0.29) is 12.0 Å². The maximum Gasteiger partial charge on any atom is 0.255 e. The lowest BCUT2D eigenvalue weighted by molar-refractivity contribution is 0.0856. The molecule has 25 heavy (non-hydrogen) atoms. The lowest BCUT2D eigenvalue weighted by Crippen LogP contribution is -2.32. The lowest BCUT2D eigenvalue weighted by atomic mass is 10.1. The van der Waals surface area contributed by atoms with Crippen LogP contribution in [-0.2, 0) is 17.6 Å². The van der Waals surface area contributed by atoms with Gasteiger partial charge in [-0.05, 0) is 37.8 Å². The van der Waals surface area contributed by atoms with Crippen molar-refractivity contribution >= 4 is 17.5 Å². The van der Waals surface area contributed by atoms with E-state index < -0.39 is 0 Å². The molecule has 0 aliphatic carbocycles. The van der Waals surface area contributed by atoms with Crippen molar-refractivity contribution in [1.29, 1.82) is 0 Å². The topological polar surface area (TPSA) is 56.2 Å². The van der Waals surface area contributed by atoms with Crippen LogP contribution in [0.1, 0.15) is 48.4 Å². The minimum atomic E-state index is -0.0810. The van der Waals surface area contributed by atoms with Crippen molar-refractivity contribution in [3.63, 3.8) is 0 Å². The maximum atomic E-state index is 12.8. The predicted octanol–water partition coefficient (Wildman–Crippen LogP) is 3.56. The summed E-state index contributed by atoms with van der Waals surface area (Å²) >= 11 is 6.34. The number of hydrogen-bond donors (Lipinski definition) is 1. The van der Waals surface area contributed by atoms with Crippen molar-refractivity contribution < 1.29 is 9.53 Å². The van der Waals surface area contributed by atoms with Gasteiger partial charge in [-0.3, -0.25) is 4.79 Å². The van der Waals surface area contributed by atoms with Crippen LogP contribution in [0.2, 0.25) is 5.02 Å². The van der Waals surface area contributed by atoms with Crippen LogP contribution in [0.3, 0.4) is 0 Å². The van der Waals surface area contributed by atoms with Crippen molar-refractivity contribution in [2.24, 2.45) is 0 Å². The number of nitrogens with one attached hydrogen (secondary N) is 1. The summed E-state index contributed by atoms with van der Waals surface area (Å²) in [7, 11) is 0. The van der Waals surface area contributed by atoms with Gasteiger partial charge in [-0.15, -0.1) is 0 Å². The number of aryl methyl sites for hydroxylation is 1. The van der Waals surface area contributed by atoms with Gasteiger partial charge in [0.05, 0.1) is 33.8 Å². The monoisotopic (exact) mass is 361 g/mol. The summed E-state index contributed by atoms with van der Waals surface area (Å²) in [6.45, 7) is 5.37. The van der Waals surface area contributed by atoms with Gasteiger partial charge in [0.1, 0.15) is 0 Å². The highest BCUT2D eigenvalue weighted by molar-refractivity contribution is 6.32. The second kappa shape index (κ2) is 8.02. The average Bonchev–Trinajstić information content (AvgIpc) is 3.27. The molecule has 1 aliphatic heterocycles. The lowest BCUT2D eigenvalue weighted by Gasteiger charge is -2.12. The van der Waals surface area contributed by atoms with Gasteiger partial charge >= 0.3 is 0 Å². The Labute approximate surface area is 153 Å². The summed E-state index contributed by atoms with van der Waals surface area (Å²) in [6.07, 6.45) is 3.57. The van der Waals surface area contributed by atoms with Crippen LogP contribution in [0.15, 0.2) is 24.3 Å². The molecular weight excluding hydrogens is 338 g/mol. The molecule has 5 nitrogen and oxygen atoms in total. The third-order valence-electron chi connectivity index (χ3n) is 4.55. The first kappa shape index (κ1) is 18.0. The zero-order chi connectivity index (χ0) is 17.8. The van der Waals surface area contributed by atoms with Crippen molar-refractivity contribution in [3.8, 4) is 5.69 Å². The maximum absolute atomic E-state index is 12.8. The minimum absolute atomic E-state index is 0.0810. The van der Waals surface area contributed by atoms with E-state index in [2.05, 4.69) is 10.4 Å². The van der Waals surface area contributed by atoms with Gasteiger partial charge in [0.2, 0.25) is 0 Å². The highest BCUT2D eigenvalue weighted by Crippen LogP contribution is 2.25. The van der Waals surface area contributed by atoms with E-state index >= 15 is 0 Å². The van der Waals surface area contributed by atoms with Crippen LogP contribution >= 0.6 is 11.6 Å². The Morgan fingerprint density at radius 2 is 2.16 bits per heavy atom. The predicted molar refractivity (Wildman–Crippen MR) is 98.6 cm³/mol. The average molecular weight is 362 g/mol. The zero-order valence-corrected chi connectivity index (χ0v) is 15.5. The summed E-state index contributed by atoms with van der Waals surface area (Å²) in [5.74, 6) is -0.0810. The van der Waals surface area contributed by atoms with Crippen molar-refractivity contribution in [3.05, 3.63) is 46.2 Å². The van der Waals surface area contributed by atoms with Gasteiger partial charge in [-0.2, -0.15) is 5.10 Å². The molecule has 2 heterocycles. The fourth-order valence-corrected chi connectivity index (χ4v) is 3.48. The Kier molecular flexibility index (Phi) is 5.76. The molecule has 0 saturated carbocycles. The highest BCUT2D eigenvalue weighted by atomic mass is 35.5. The number of aromatic nitrogens is 2. The molecule has 3 rings (SSSR count). The summed E-state index contributed by atoms with van der Waals surface area (Å²) < 4.78 is 7.40. The van der Waals surface area contributed by atoms with E-state index in [1.54, 1.807) is 0 Å². The van der Waals surface area contributed by atoms with Gasteiger partial charge in [-0.1, -0.05) is 37.6 Å². The largest absolute Gasteiger partial charge is 0.376 e. The first-order chi connectivity index (χ1) is 12.2. The summed E-state index contributed by atoms with van der Waals surface area (Å²) in [4.78, 5) is 12.8. The molecule has 1 amide bonds. The molecule has 0 bridgehead atoms. The molecule has 0 unspecified atom stereocenters. The number of carbonyl (C=O) groups is 1. The fourth-order valence-electron chi connectivity index (χ4n) is 3.26. The molecule has 1 fully saturated rings. The van der Waals surface area contributed by atoms with Crippen LogP contribution < -0.4 is 5.32 Å². The van der Waals surface area contributed by atoms with E-state index in [1.165, 1.54) is 0 Å². The normalized spacial score (nSPS) is 17.0. The minimum Gasteiger partial charge on any atom is -0.376 e. The Balaban J connectivity index is 1.92. The number of hydrogen-bond acceptors (Lipinski definition) is 3. The number of para-hydroxylation sites is 1. The molecule has 1 saturated heterocycles. The number of benzene rings is 1. The van der Waals surface area contributed by atoms with Crippen molar-refractivity contribution in [1.82, 2.24) is 15.1 Å². The van der Waals surface area contributed by atoms with E-state index in [0.29, 0.717) is 30.0 Å². The van der Waals surface area contributed by atoms with Gasteiger partial charge in [0.25, 0.3) is 5.91 Å². The van der Waals surface area contributed by atoms with Gasteiger partial charge in [-0.25, -0.2) is 4.68 Å². The van der Waals surface area contributed by atoms with E-state index in [9.17, 15) is 4.79 Å². The van der Waals surface area contributed by atoms with Crippen LogP contribution in [0.5, 0.6) is 0 Å². The Morgan fingerprint density at radius 1 is 1.36 bits per heavy atom. The molecule has 0 spiro atoms. The quantitative estimate of drug-likeness (QED) is 0.855. The summed E-state index contributed by atoms with van der Waals surface area (Å²) in [6, 6.07) is 7.56. The van der Waals surface area contributed by atoms with E-state index in [4.69, 9.17) is 16.3 Å². The second-order valence-electron chi connectivity index (χ2n) is 6.18.